The maximum Gasteiger partial charge on any atom is 0.181 e. The maximum atomic E-state index is 4.51. The Labute approximate surface area is 35.5 Å². The fourth-order valence-electron chi connectivity index (χ4n) is 0.209. The van der Waals surface area contributed by atoms with E-state index in [0.717, 1.165) is 0 Å². The van der Waals surface area contributed by atoms with Crippen LogP contribution < -0.4 is 0 Å². The van der Waals surface area contributed by atoms with Crippen LogP contribution in [-0.4, -0.2) is 6.40 Å². The van der Waals surface area contributed by atoms with Crippen LogP contribution in [0.4, 0.5) is 0 Å². The topological polar surface area (TPSA) is 21.6 Å². The average molecular weight is 81.1 g/mol. The van der Waals surface area contributed by atoms with Gasteiger partial charge < -0.3 is 4.74 Å². The first kappa shape index (κ1) is 3.19. The van der Waals surface area contributed by atoms with Gasteiger partial charge in [-0.15, -0.1) is 0 Å². The molecule has 1 heterocycles. The summed E-state index contributed by atoms with van der Waals surface area (Å²) in [6.07, 6.45) is 4.31. The van der Waals surface area contributed by atoms with Gasteiger partial charge in [-0.1, -0.05) is 5.73 Å². The van der Waals surface area contributed by atoms with Gasteiger partial charge in [-0.05, 0) is 0 Å². The predicted molar refractivity (Wildman–Crippen MR) is 22.2 cm³/mol. The van der Waals surface area contributed by atoms with E-state index in [4.69, 9.17) is 0 Å². The predicted octanol–water partition coefficient (Wildman–Crippen LogP) is 0.671. The van der Waals surface area contributed by atoms with Gasteiger partial charge in [0.25, 0.3) is 0 Å². The molecule has 6 heavy (non-hydrogen) atoms. The third-order valence-corrected chi connectivity index (χ3v) is 0.407. The van der Waals surface area contributed by atoms with Crippen molar-refractivity contribution in [3.05, 3.63) is 18.2 Å². The second kappa shape index (κ2) is 1.43. The van der Waals surface area contributed by atoms with Gasteiger partial charge in [-0.3, -0.25) is 0 Å². The molecule has 0 bridgehead atoms. The van der Waals surface area contributed by atoms with Crippen LogP contribution in [0.5, 0.6) is 0 Å². The van der Waals surface area contributed by atoms with Crippen molar-refractivity contribution in [1.82, 2.24) is 0 Å². The van der Waals surface area contributed by atoms with Gasteiger partial charge in [-0.2, -0.15) is 0 Å². The molecule has 0 atom stereocenters. The van der Waals surface area contributed by atoms with Crippen LogP contribution >= 0.6 is 0 Å². The molecule has 0 saturated carbocycles. The lowest BCUT2D eigenvalue weighted by atomic mass is 10.8. The molecule has 2 heteroatoms. The summed E-state index contributed by atoms with van der Waals surface area (Å²) in [5.74, 6) is 0. The highest BCUT2D eigenvalue weighted by atomic mass is 16.5. The van der Waals surface area contributed by atoms with E-state index in [1.54, 1.807) is 0 Å². The fraction of sp³-hybridized carbons (Fsp3) is 0. The van der Waals surface area contributed by atoms with E-state index in [9.17, 15) is 0 Å². The van der Waals surface area contributed by atoms with Gasteiger partial charge in [0.1, 0.15) is 6.26 Å². The minimum Gasteiger partial charge on any atom is -0.445 e. The SMILES string of the molecule is C1=CN=COC=1. The van der Waals surface area contributed by atoms with Crippen molar-refractivity contribution in [3.8, 4) is 0 Å². The highest BCUT2D eigenvalue weighted by Crippen LogP contribution is 1.77. The molecule has 30 valence electrons. The fourth-order valence-corrected chi connectivity index (χ4v) is 0.209. The Bertz CT molecular complexity index is 120. The molecule has 0 aliphatic carbocycles. The van der Waals surface area contributed by atoms with Crippen LogP contribution in [0.15, 0.2) is 23.2 Å². The first-order valence-corrected chi connectivity index (χ1v) is 1.57. The lowest BCUT2D eigenvalue weighted by Gasteiger charge is -1.83. The summed E-state index contributed by atoms with van der Waals surface area (Å²) in [6, 6.07) is 0. The Hall–Kier alpha value is -1.01. The van der Waals surface area contributed by atoms with E-state index >= 15 is 0 Å². The van der Waals surface area contributed by atoms with E-state index in [1.165, 1.54) is 18.9 Å². The zero-order valence-corrected chi connectivity index (χ0v) is 3.09. The van der Waals surface area contributed by atoms with Crippen LogP contribution in [0.25, 0.3) is 0 Å². The minimum atomic E-state index is 1.34. The van der Waals surface area contributed by atoms with Crippen molar-refractivity contribution in [2.75, 3.05) is 0 Å². The molecule has 0 N–H and O–H groups in total. The average Bonchev–Trinajstić information content (AvgIpc) is 1.72. The third-order valence-electron chi connectivity index (χ3n) is 0.407. The molecule has 0 fully saturated rings. The van der Waals surface area contributed by atoms with Gasteiger partial charge in [0.05, 0.1) is 6.20 Å². The molecule has 0 aromatic carbocycles. The smallest absolute Gasteiger partial charge is 0.181 e. The van der Waals surface area contributed by atoms with E-state index in [0.29, 0.717) is 0 Å². The second-order valence-electron chi connectivity index (χ2n) is 0.804. The Kier molecular flexibility index (Phi) is 0.762. The molecule has 0 saturated heterocycles. The van der Waals surface area contributed by atoms with Crippen molar-refractivity contribution in [2.45, 2.75) is 0 Å². The summed E-state index contributed by atoms with van der Waals surface area (Å²) >= 11 is 0. The van der Waals surface area contributed by atoms with E-state index in [1.807, 2.05) is 0 Å². The summed E-state index contributed by atoms with van der Waals surface area (Å²) < 4.78 is 4.51. The van der Waals surface area contributed by atoms with Gasteiger partial charge in [0.2, 0.25) is 0 Å². The molecule has 0 unspecified atom stereocenters. The standard InChI is InChI=1S/C4H3NO/c1-2-5-4-6-3-1/h2-4H. The first-order chi connectivity index (χ1) is 3.00. The molecule has 0 radical (unpaired) electrons. The number of aliphatic imine (C=N–C) groups is 1. The largest absolute Gasteiger partial charge is 0.445 e. The zero-order valence-electron chi connectivity index (χ0n) is 3.09. The lowest BCUT2D eigenvalue weighted by Crippen LogP contribution is -1.74. The zero-order chi connectivity index (χ0) is 4.24. The summed E-state index contributed by atoms with van der Waals surface area (Å²) in [7, 11) is 0. The van der Waals surface area contributed by atoms with Crippen molar-refractivity contribution in [3.63, 3.8) is 0 Å². The molecule has 0 amide bonds. The normalized spacial score (nSPS) is 14.7. The molecule has 1 rings (SSSR count). The molecule has 0 aromatic heterocycles. The van der Waals surface area contributed by atoms with Gasteiger partial charge in [0.15, 0.2) is 6.40 Å². The Morgan fingerprint density at radius 3 is 2.83 bits per heavy atom. The first-order valence-electron chi connectivity index (χ1n) is 1.57. The van der Waals surface area contributed by atoms with Crippen molar-refractivity contribution < 1.29 is 4.74 Å². The van der Waals surface area contributed by atoms with E-state index in [-0.39, 0.29) is 0 Å². The van der Waals surface area contributed by atoms with Crippen LogP contribution in [0, 0.1) is 0 Å². The molecule has 1 aliphatic heterocycles. The van der Waals surface area contributed by atoms with Crippen molar-refractivity contribution in [2.24, 2.45) is 4.99 Å². The maximum absolute atomic E-state index is 4.51. The number of nitrogens with zero attached hydrogens (tertiary/aromatic N) is 1. The molecule has 2 nitrogen and oxygen atoms in total. The Morgan fingerprint density at radius 1 is 1.67 bits per heavy atom. The van der Waals surface area contributed by atoms with Crippen LogP contribution in [0.1, 0.15) is 0 Å². The van der Waals surface area contributed by atoms with Gasteiger partial charge >= 0.3 is 0 Å². The third kappa shape index (κ3) is 0.476. The van der Waals surface area contributed by atoms with E-state index < -0.39 is 0 Å². The highest BCUT2D eigenvalue weighted by molar-refractivity contribution is 5.49. The number of hydrogen-bond acceptors (Lipinski definition) is 2. The van der Waals surface area contributed by atoms with Crippen molar-refractivity contribution in [1.29, 1.82) is 0 Å². The number of ether oxygens (including phenoxy) is 1. The minimum absolute atomic E-state index is 1.34. The quantitative estimate of drug-likeness (QED) is 0.393. The van der Waals surface area contributed by atoms with Crippen molar-refractivity contribution >= 4 is 6.40 Å². The van der Waals surface area contributed by atoms with E-state index in [2.05, 4.69) is 15.5 Å². The second-order valence-corrected chi connectivity index (χ2v) is 0.804. The molecule has 0 aromatic rings. The monoisotopic (exact) mass is 81.0 g/mol. The molecular formula is C4H3NO. The van der Waals surface area contributed by atoms with Gasteiger partial charge in [0, 0.05) is 0 Å². The molecule has 1 aliphatic rings. The lowest BCUT2D eigenvalue weighted by molar-refractivity contribution is 0.491. The number of rotatable bonds is 0. The Morgan fingerprint density at radius 2 is 2.67 bits per heavy atom. The summed E-state index contributed by atoms with van der Waals surface area (Å²) in [5, 5.41) is 0. The highest BCUT2D eigenvalue weighted by Gasteiger charge is 1.67. The van der Waals surface area contributed by atoms with Crippen LogP contribution in [0.2, 0.25) is 0 Å². The summed E-state index contributed by atoms with van der Waals surface area (Å²) in [5.41, 5.74) is 2.61. The number of hydrogen-bond donors (Lipinski definition) is 0. The van der Waals surface area contributed by atoms with Crippen LogP contribution in [0.3, 0.4) is 0 Å². The molecular weight excluding hydrogens is 78.0 g/mol. The van der Waals surface area contributed by atoms with Gasteiger partial charge in [-0.25, -0.2) is 4.99 Å². The van der Waals surface area contributed by atoms with Crippen LogP contribution in [-0.2, 0) is 4.74 Å². The molecule has 0 spiro atoms. The Balaban J connectivity index is 2.78. The summed E-state index contributed by atoms with van der Waals surface area (Å²) in [6.45, 7) is 0. The summed E-state index contributed by atoms with van der Waals surface area (Å²) in [4.78, 5) is 3.56.